The van der Waals surface area contributed by atoms with Gasteiger partial charge in [0.1, 0.15) is 5.82 Å². The van der Waals surface area contributed by atoms with Crippen LogP contribution in [0.2, 0.25) is 5.02 Å². The molecule has 0 spiro atoms. The number of rotatable bonds is 3. The van der Waals surface area contributed by atoms with E-state index >= 15 is 0 Å². The molecule has 0 aliphatic heterocycles. The van der Waals surface area contributed by atoms with E-state index < -0.39 is 5.82 Å². The molecule has 0 N–H and O–H groups in total. The van der Waals surface area contributed by atoms with Gasteiger partial charge in [-0.2, -0.15) is 0 Å². The molecule has 0 atom stereocenters. The Morgan fingerprint density at radius 1 is 1.10 bits per heavy atom. The molecule has 0 aromatic heterocycles. The predicted molar refractivity (Wildman–Crippen MR) is 79.2 cm³/mol. The fourth-order valence-electron chi connectivity index (χ4n) is 1.63. The Balaban J connectivity index is 2.12. The van der Waals surface area contributed by atoms with E-state index in [2.05, 4.69) is 11.8 Å². The lowest BCUT2D eigenvalue weighted by atomic mass is 10.1. The summed E-state index contributed by atoms with van der Waals surface area (Å²) in [7, 11) is 0. The Labute approximate surface area is 123 Å². The molecule has 2 rings (SSSR count). The fraction of sp³-hybridized carbons (Fsp3) is 0.176. The summed E-state index contributed by atoms with van der Waals surface area (Å²) in [4.78, 5) is 0. The molecule has 0 fully saturated rings. The maximum absolute atomic E-state index is 13.6. The van der Waals surface area contributed by atoms with Gasteiger partial charge in [-0.25, -0.2) is 4.39 Å². The van der Waals surface area contributed by atoms with E-state index in [4.69, 9.17) is 16.3 Å². The van der Waals surface area contributed by atoms with Crippen LogP contribution < -0.4 is 0 Å². The number of hydrogen-bond acceptors (Lipinski definition) is 1. The van der Waals surface area contributed by atoms with Gasteiger partial charge in [0.05, 0.1) is 12.2 Å². The minimum atomic E-state index is -0.405. The van der Waals surface area contributed by atoms with Gasteiger partial charge in [0.2, 0.25) is 0 Å². The number of hydrogen-bond donors (Lipinski definition) is 0. The summed E-state index contributed by atoms with van der Waals surface area (Å²) in [5.41, 5.74) is 2.27. The third-order valence-corrected chi connectivity index (χ3v) is 2.93. The van der Waals surface area contributed by atoms with E-state index in [0.717, 1.165) is 11.1 Å². The molecule has 3 heteroatoms. The number of benzene rings is 2. The van der Waals surface area contributed by atoms with E-state index in [9.17, 15) is 4.39 Å². The highest BCUT2D eigenvalue weighted by molar-refractivity contribution is 6.30. The molecule has 102 valence electrons. The zero-order chi connectivity index (χ0) is 14.4. The largest absolute Gasteiger partial charge is 0.377 e. The van der Waals surface area contributed by atoms with Crippen molar-refractivity contribution in [1.82, 2.24) is 0 Å². The van der Waals surface area contributed by atoms with Gasteiger partial charge in [0.15, 0.2) is 0 Å². The van der Waals surface area contributed by atoms with Gasteiger partial charge >= 0.3 is 0 Å². The first-order valence-corrected chi connectivity index (χ1v) is 6.70. The summed E-state index contributed by atoms with van der Waals surface area (Å²) >= 11 is 5.69. The molecule has 0 saturated heterocycles. The molecular formula is C17H14ClFO. The third-order valence-electron chi connectivity index (χ3n) is 2.70. The van der Waals surface area contributed by atoms with Crippen LogP contribution in [0.4, 0.5) is 4.39 Å². The van der Waals surface area contributed by atoms with Crippen LogP contribution in [0, 0.1) is 17.7 Å². The van der Waals surface area contributed by atoms with Gasteiger partial charge in [-0.05, 0) is 42.8 Å². The van der Waals surface area contributed by atoms with E-state index in [0.29, 0.717) is 23.8 Å². The first-order chi connectivity index (χ1) is 9.69. The van der Waals surface area contributed by atoms with Crippen molar-refractivity contribution in [3.63, 3.8) is 0 Å². The Hall–Kier alpha value is -1.82. The molecule has 0 amide bonds. The van der Waals surface area contributed by atoms with Crippen molar-refractivity contribution in [3.8, 4) is 11.8 Å². The van der Waals surface area contributed by atoms with Gasteiger partial charge in [0, 0.05) is 17.2 Å². The van der Waals surface area contributed by atoms with E-state index in [1.807, 2.05) is 31.2 Å². The van der Waals surface area contributed by atoms with Crippen LogP contribution in [-0.2, 0) is 11.3 Å². The second-order valence-electron chi connectivity index (χ2n) is 4.21. The van der Waals surface area contributed by atoms with Crippen LogP contribution in [0.25, 0.3) is 0 Å². The van der Waals surface area contributed by atoms with Gasteiger partial charge < -0.3 is 4.74 Å². The Morgan fingerprint density at radius 3 is 2.50 bits per heavy atom. The minimum Gasteiger partial charge on any atom is -0.377 e. The predicted octanol–water partition coefficient (Wildman–Crippen LogP) is 4.42. The summed E-state index contributed by atoms with van der Waals surface area (Å²) in [5.74, 6) is 5.33. The maximum Gasteiger partial charge on any atom is 0.140 e. The zero-order valence-electron chi connectivity index (χ0n) is 11.1. The van der Waals surface area contributed by atoms with E-state index in [1.54, 1.807) is 12.1 Å². The van der Waals surface area contributed by atoms with Gasteiger partial charge in [-0.15, -0.1) is 0 Å². The SMILES string of the molecule is CCOCc1ccc(C#Cc2ccc(Cl)cc2F)cc1. The lowest BCUT2D eigenvalue weighted by molar-refractivity contribution is 0.134. The smallest absolute Gasteiger partial charge is 0.140 e. The van der Waals surface area contributed by atoms with Crippen molar-refractivity contribution in [2.75, 3.05) is 6.61 Å². The van der Waals surface area contributed by atoms with Crippen molar-refractivity contribution >= 4 is 11.6 Å². The lowest BCUT2D eigenvalue weighted by Crippen LogP contribution is -1.91. The molecule has 0 unspecified atom stereocenters. The molecule has 0 aliphatic rings. The summed E-state index contributed by atoms with van der Waals surface area (Å²) in [6, 6.07) is 12.2. The minimum absolute atomic E-state index is 0.341. The van der Waals surface area contributed by atoms with Crippen LogP contribution >= 0.6 is 11.6 Å². The highest BCUT2D eigenvalue weighted by Crippen LogP contribution is 2.14. The highest BCUT2D eigenvalue weighted by Gasteiger charge is 1.99. The lowest BCUT2D eigenvalue weighted by Gasteiger charge is -2.01. The molecule has 20 heavy (non-hydrogen) atoms. The fourth-order valence-corrected chi connectivity index (χ4v) is 1.79. The molecule has 0 aliphatic carbocycles. The average molecular weight is 289 g/mol. The molecule has 0 heterocycles. The van der Waals surface area contributed by atoms with Gasteiger partial charge in [0.25, 0.3) is 0 Å². The molecule has 0 radical (unpaired) electrons. The third kappa shape index (κ3) is 4.09. The van der Waals surface area contributed by atoms with Crippen molar-refractivity contribution in [2.24, 2.45) is 0 Å². The summed E-state index contributed by atoms with van der Waals surface area (Å²) < 4.78 is 18.9. The summed E-state index contributed by atoms with van der Waals surface area (Å²) in [6.45, 7) is 3.24. The average Bonchev–Trinajstić information content (AvgIpc) is 2.45. The van der Waals surface area contributed by atoms with Crippen LogP contribution in [0.3, 0.4) is 0 Å². The highest BCUT2D eigenvalue weighted by atomic mass is 35.5. The Kier molecular flexibility index (Phi) is 5.17. The second kappa shape index (κ2) is 7.09. The second-order valence-corrected chi connectivity index (χ2v) is 4.64. The van der Waals surface area contributed by atoms with Crippen molar-refractivity contribution in [1.29, 1.82) is 0 Å². The summed E-state index contributed by atoms with van der Waals surface area (Å²) in [6.07, 6.45) is 0. The monoisotopic (exact) mass is 288 g/mol. The Bertz CT molecular complexity index is 638. The first-order valence-electron chi connectivity index (χ1n) is 6.33. The normalized spacial score (nSPS) is 9.95. The zero-order valence-corrected chi connectivity index (χ0v) is 11.9. The first kappa shape index (κ1) is 14.6. The van der Waals surface area contributed by atoms with Crippen LogP contribution in [-0.4, -0.2) is 6.61 Å². The van der Waals surface area contributed by atoms with Crippen molar-refractivity contribution in [3.05, 3.63) is 70.0 Å². The topological polar surface area (TPSA) is 9.23 Å². The molecule has 2 aromatic rings. The van der Waals surface area contributed by atoms with Crippen LogP contribution in [0.5, 0.6) is 0 Å². The number of ether oxygens (including phenoxy) is 1. The maximum atomic E-state index is 13.6. The van der Waals surface area contributed by atoms with Gasteiger partial charge in [-0.3, -0.25) is 0 Å². The van der Waals surface area contributed by atoms with Gasteiger partial charge in [-0.1, -0.05) is 35.6 Å². The van der Waals surface area contributed by atoms with Crippen LogP contribution in [0.1, 0.15) is 23.6 Å². The molecule has 0 saturated carbocycles. The van der Waals surface area contributed by atoms with Crippen LogP contribution in [0.15, 0.2) is 42.5 Å². The molecular weight excluding hydrogens is 275 g/mol. The molecule has 2 aromatic carbocycles. The molecule has 0 bridgehead atoms. The number of halogens is 2. The Morgan fingerprint density at radius 2 is 1.85 bits per heavy atom. The van der Waals surface area contributed by atoms with E-state index in [-0.39, 0.29) is 0 Å². The standard InChI is InChI=1S/C17H14ClFO/c1-2-20-12-14-5-3-13(4-6-14)7-8-15-9-10-16(18)11-17(15)19/h3-6,9-11H,2,12H2,1H3. The van der Waals surface area contributed by atoms with Crippen molar-refractivity contribution < 1.29 is 9.13 Å². The van der Waals surface area contributed by atoms with E-state index in [1.165, 1.54) is 6.07 Å². The molecule has 1 nitrogen and oxygen atoms in total. The van der Waals surface area contributed by atoms with Crippen molar-refractivity contribution in [2.45, 2.75) is 13.5 Å². The quantitative estimate of drug-likeness (QED) is 0.760. The summed E-state index contributed by atoms with van der Waals surface area (Å²) in [5, 5.41) is 0.369.